The van der Waals surface area contributed by atoms with Crippen LogP contribution in [0, 0.1) is 5.41 Å². The standard InChI is InChI=1S/C19H20BrNO6S/c20-14-1-3-15(4-2-14)27-16-5-7-17(8-6-16)28(24,25)13-19(18(22)21-23)9-11-26-12-10-19/h1-8,23H,9-13H2,(H,21,22). The minimum Gasteiger partial charge on any atom is -0.457 e. The Hall–Kier alpha value is -1.94. The van der Waals surface area contributed by atoms with E-state index in [1.807, 2.05) is 12.1 Å². The molecule has 2 N–H and O–H groups in total. The molecule has 0 aliphatic carbocycles. The highest BCUT2D eigenvalue weighted by Gasteiger charge is 2.44. The second kappa shape index (κ2) is 8.60. The Morgan fingerprint density at radius 2 is 1.61 bits per heavy atom. The molecule has 9 heteroatoms. The van der Waals surface area contributed by atoms with Crippen molar-refractivity contribution in [3.63, 3.8) is 0 Å². The lowest BCUT2D eigenvalue weighted by Gasteiger charge is -2.34. The van der Waals surface area contributed by atoms with Crippen LogP contribution in [0.15, 0.2) is 57.9 Å². The number of benzene rings is 2. The molecule has 1 aliphatic heterocycles. The van der Waals surface area contributed by atoms with Gasteiger partial charge in [-0.3, -0.25) is 10.0 Å². The molecule has 1 aliphatic rings. The van der Waals surface area contributed by atoms with Crippen LogP contribution in [-0.4, -0.2) is 38.5 Å². The first-order valence-corrected chi connectivity index (χ1v) is 11.1. The minimum atomic E-state index is -3.76. The molecule has 0 saturated carbocycles. The third-order valence-electron chi connectivity index (χ3n) is 4.73. The molecule has 0 atom stereocenters. The molecule has 0 bridgehead atoms. The zero-order chi connectivity index (χ0) is 20.2. The fourth-order valence-electron chi connectivity index (χ4n) is 3.12. The topological polar surface area (TPSA) is 102 Å². The van der Waals surface area contributed by atoms with Gasteiger partial charge in [0.2, 0.25) is 0 Å². The average molecular weight is 470 g/mol. The summed E-state index contributed by atoms with van der Waals surface area (Å²) in [6.45, 7) is 0.534. The summed E-state index contributed by atoms with van der Waals surface area (Å²) >= 11 is 3.35. The van der Waals surface area contributed by atoms with Gasteiger partial charge in [-0.25, -0.2) is 13.9 Å². The molecule has 150 valence electrons. The summed E-state index contributed by atoms with van der Waals surface area (Å²) in [6, 6.07) is 13.3. The molecule has 2 aromatic rings. The van der Waals surface area contributed by atoms with Gasteiger partial charge in [-0.05, 0) is 61.4 Å². The van der Waals surface area contributed by atoms with Gasteiger partial charge in [-0.1, -0.05) is 15.9 Å². The fourth-order valence-corrected chi connectivity index (χ4v) is 5.25. The van der Waals surface area contributed by atoms with Gasteiger partial charge in [0.25, 0.3) is 5.91 Å². The predicted octanol–water partition coefficient (Wildman–Crippen LogP) is 3.32. The molecule has 0 spiro atoms. The summed E-state index contributed by atoms with van der Waals surface area (Å²) in [5.41, 5.74) is 0.398. The van der Waals surface area contributed by atoms with Gasteiger partial charge in [0, 0.05) is 17.7 Å². The zero-order valence-electron chi connectivity index (χ0n) is 14.9. The highest BCUT2D eigenvalue weighted by molar-refractivity contribution is 9.10. The summed E-state index contributed by atoms with van der Waals surface area (Å²) in [7, 11) is -3.76. The first-order valence-electron chi connectivity index (χ1n) is 8.63. The lowest BCUT2D eigenvalue weighted by Crippen LogP contribution is -2.47. The third kappa shape index (κ3) is 4.72. The highest BCUT2D eigenvalue weighted by Crippen LogP contribution is 2.35. The Balaban J connectivity index is 1.77. The second-order valence-electron chi connectivity index (χ2n) is 6.62. The van der Waals surface area contributed by atoms with Crippen LogP contribution < -0.4 is 10.2 Å². The van der Waals surface area contributed by atoms with Crippen LogP contribution in [0.4, 0.5) is 0 Å². The van der Waals surface area contributed by atoms with Gasteiger partial charge in [0.05, 0.1) is 16.1 Å². The molecule has 7 nitrogen and oxygen atoms in total. The van der Waals surface area contributed by atoms with Crippen LogP contribution in [0.2, 0.25) is 0 Å². The van der Waals surface area contributed by atoms with Crippen molar-refractivity contribution in [2.45, 2.75) is 17.7 Å². The number of amides is 1. The van der Waals surface area contributed by atoms with Crippen LogP contribution >= 0.6 is 15.9 Å². The zero-order valence-corrected chi connectivity index (χ0v) is 17.3. The molecule has 1 heterocycles. The van der Waals surface area contributed by atoms with E-state index < -0.39 is 26.9 Å². The molecule has 2 aromatic carbocycles. The van der Waals surface area contributed by atoms with Crippen molar-refractivity contribution >= 4 is 31.7 Å². The summed E-state index contributed by atoms with van der Waals surface area (Å²) in [5.74, 6) is 0.0205. The first kappa shape index (κ1) is 20.8. The SMILES string of the molecule is O=C(NO)C1(CS(=O)(=O)c2ccc(Oc3ccc(Br)cc3)cc2)CCOCC1. The highest BCUT2D eigenvalue weighted by atomic mass is 79.9. The fraction of sp³-hybridized carbons (Fsp3) is 0.316. The van der Waals surface area contributed by atoms with Crippen molar-refractivity contribution in [2.75, 3.05) is 19.0 Å². The van der Waals surface area contributed by atoms with Crippen LogP contribution in [0.5, 0.6) is 11.5 Å². The number of hydroxylamine groups is 1. The van der Waals surface area contributed by atoms with E-state index >= 15 is 0 Å². The number of hydrogen-bond donors (Lipinski definition) is 2. The first-order chi connectivity index (χ1) is 13.3. The molecule has 1 fully saturated rings. The molecular weight excluding hydrogens is 450 g/mol. The quantitative estimate of drug-likeness (QED) is 0.496. The number of halogens is 1. The van der Waals surface area contributed by atoms with Gasteiger partial charge in [-0.2, -0.15) is 0 Å². The number of rotatable bonds is 6. The Kier molecular flexibility index (Phi) is 6.39. The normalized spacial score (nSPS) is 16.4. The second-order valence-corrected chi connectivity index (χ2v) is 9.53. The predicted molar refractivity (Wildman–Crippen MR) is 105 cm³/mol. The number of hydrogen-bond acceptors (Lipinski definition) is 6. The molecule has 3 rings (SSSR count). The molecule has 1 saturated heterocycles. The van der Waals surface area contributed by atoms with Crippen molar-refractivity contribution in [2.24, 2.45) is 5.41 Å². The van der Waals surface area contributed by atoms with E-state index in [9.17, 15) is 13.2 Å². The summed E-state index contributed by atoms with van der Waals surface area (Å²) in [6.07, 6.45) is 0.451. The molecule has 0 unspecified atom stereocenters. The number of carbonyl (C=O) groups is 1. The maximum atomic E-state index is 12.9. The Labute approximate surface area is 171 Å². The van der Waals surface area contributed by atoms with Crippen molar-refractivity contribution in [3.05, 3.63) is 53.0 Å². The van der Waals surface area contributed by atoms with Crippen molar-refractivity contribution in [3.8, 4) is 11.5 Å². The Bertz CT molecular complexity index is 922. The molecule has 1 amide bonds. The number of nitrogens with one attached hydrogen (secondary N) is 1. The van der Waals surface area contributed by atoms with E-state index in [1.165, 1.54) is 12.1 Å². The van der Waals surface area contributed by atoms with E-state index in [1.54, 1.807) is 29.7 Å². The van der Waals surface area contributed by atoms with E-state index in [2.05, 4.69) is 15.9 Å². The maximum Gasteiger partial charge on any atom is 0.250 e. The smallest absolute Gasteiger partial charge is 0.250 e. The summed E-state index contributed by atoms with van der Waals surface area (Å²) in [5, 5.41) is 9.06. The number of carbonyl (C=O) groups excluding carboxylic acids is 1. The molecule has 0 aromatic heterocycles. The third-order valence-corrected chi connectivity index (χ3v) is 7.18. The van der Waals surface area contributed by atoms with Gasteiger partial charge in [-0.15, -0.1) is 0 Å². The Morgan fingerprint density at radius 3 is 2.14 bits per heavy atom. The van der Waals surface area contributed by atoms with Crippen LogP contribution in [0.25, 0.3) is 0 Å². The van der Waals surface area contributed by atoms with E-state index in [-0.39, 0.29) is 31.0 Å². The van der Waals surface area contributed by atoms with Crippen molar-refractivity contribution in [1.29, 1.82) is 0 Å². The van der Waals surface area contributed by atoms with Crippen LogP contribution in [0.3, 0.4) is 0 Å². The maximum absolute atomic E-state index is 12.9. The minimum absolute atomic E-state index is 0.0901. The van der Waals surface area contributed by atoms with E-state index in [0.717, 1.165) is 4.47 Å². The summed E-state index contributed by atoms with van der Waals surface area (Å²) in [4.78, 5) is 12.3. The lowest BCUT2D eigenvalue weighted by atomic mass is 9.81. The van der Waals surface area contributed by atoms with Crippen LogP contribution in [-0.2, 0) is 19.4 Å². The summed E-state index contributed by atoms with van der Waals surface area (Å²) < 4.78 is 37.6. The van der Waals surface area contributed by atoms with E-state index in [4.69, 9.17) is 14.7 Å². The molecular formula is C19H20BrNO6S. The largest absolute Gasteiger partial charge is 0.457 e. The van der Waals surface area contributed by atoms with E-state index in [0.29, 0.717) is 11.5 Å². The van der Waals surface area contributed by atoms with Gasteiger partial charge >= 0.3 is 0 Å². The van der Waals surface area contributed by atoms with Gasteiger partial charge in [0.15, 0.2) is 9.84 Å². The number of sulfone groups is 1. The lowest BCUT2D eigenvalue weighted by molar-refractivity contribution is -0.143. The molecule has 28 heavy (non-hydrogen) atoms. The van der Waals surface area contributed by atoms with Gasteiger partial charge < -0.3 is 9.47 Å². The monoisotopic (exact) mass is 469 g/mol. The average Bonchev–Trinajstić information content (AvgIpc) is 2.70. The van der Waals surface area contributed by atoms with Crippen molar-refractivity contribution < 1.29 is 27.9 Å². The number of ether oxygens (including phenoxy) is 2. The van der Waals surface area contributed by atoms with Crippen molar-refractivity contribution in [1.82, 2.24) is 5.48 Å². The van der Waals surface area contributed by atoms with Crippen LogP contribution in [0.1, 0.15) is 12.8 Å². The Morgan fingerprint density at radius 1 is 1.07 bits per heavy atom. The molecule has 0 radical (unpaired) electrons. The van der Waals surface area contributed by atoms with Gasteiger partial charge in [0.1, 0.15) is 11.5 Å².